The number of hydrogen-bond donors (Lipinski definition) is 2. The van der Waals surface area contributed by atoms with Crippen molar-refractivity contribution in [3.05, 3.63) is 45.2 Å². The van der Waals surface area contributed by atoms with Gasteiger partial charge in [0.2, 0.25) is 5.88 Å². The van der Waals surface area contributed by atoms with Crippen molar-refractivity contribution >= 4 is 17.7 Å². The summed E-state index contributed by atoms with van der Waals surface area (Å²) in [6, 6.07) is 6.52. The number of amides is 1. The molecule has 124 valence electrons. The highest BCUT2D eigenvalue weighted by Gasteiger charge is 2.13. The molecule has 0 aliphatic carbocycles. The highest BCUT2D eigenvalue weighted by atomic mass is 35.5. The monoisotopic (exact) mass is 338 g/mol. The smallest absolute Gasteiger partial charge is 0.392 e. The summed E-state index contributed by atoms with van der Waals surface area (Å²) in [5.41, 5.74) is 0.989. The molecule has 0 saturated carbocycles. The Hall–Kier alpha value is -2.25. The molecule has 1 aromatic heterocycles. The number of nitrogens with zero attached hydrogens (tertiary/aromatic N) is 2. The molecule has 7 nitrogen and oxygen atoms in total. The van der Waals surface area contributed by atoms with Gasteiger partial charge in [-0.3, -0.25) is 9.89 Å². The summed E-state index contributed by atoms with van der Waals surface area (Å²) in [4.78, 5) is 25.7. The zero-order chi connectivity index (χ0) is 17.0. The van der Waals surface area contributed by atoms with Crippen LogP contribution in [0.3, 0.4) is 0 Å². The predicted octanol–water partition coefficient (Wildman–Crippen LogP) is 1.78. The molecule has 0 fully saturated rings. The van der Waals surface area contributed by atoms with Crippen molar-refractivity contribution < 1.29 is 9.53 Å². The van der Waals surface area contributed by atoms with Crippen LogP contribution in [0.15, 0.2) is 29.1 Å². The summed E-state index contributed by atoms with van der Waals surface area (Å²) in [6.07, 6.45) is -0.629. The summed E-state index contributed by atoms with van der Waals surface area (Å²) in [5, 5.41) is 5.76. The van der Waals surface area contributed by atoms with Crippen LogP contribution in [0.2, 0.25) is 5.02 Å². The van der Waals surface area contributed by atoms with Gasteiger partial charge in [-0.25, -0.2) is 9.48 Å². The van der Waals surface area contributed by atoms with E-state index in [1.807, 2.05) is 32.0 Å². The number of benzene rings is 1. The van der Waals surface area contributed by atoms with Crippen LogP contribution >= 0.6 is 11.6 Å². The van der Waals surface area contributed by atoms with Gasteiger partial charge in [0.1, 0.15) is 0 Å². The maximum atomic E-state index is 12.1. The van der Waals surface area contributed by atoms with Gasteiger partial charge in [-0.05, 0) is 32.6 Å². The standard InChI is InChI=1S/C15H19ClN4O3/c1-10-5-4-6-11(16)14(10)20-13(21)9-12(18-20)23-15(22)17-7-8-19(2)3/h4-6,9,18H,7-8H2,1-3H3,(H,17,22). The van der Waals surface area contributed by atoms with Crippen LogP contribution in [0.25, 0.3) is 5.69 Å². The van der Waals surface area contributed by atoms with E-state index in [9.17, 15) is 9.59 Å². The van der Waals surface area contributed by atoms with Crippen LogP contribution in [-0.2, 0) is 0 Å². The minimum Gasteiger partial charge on any atom is -0.392 e. The lowest BCUT2D eigenvalue weighted by Crippen LogP contribution is -2.33. The Morgan fingerprint density at radius 1 is 1.43 bits per heavy atom. The minimum atomic E-state index is -0.629. The molecule has 8 heteroatoms. The third-order valence-corrected chi connectivity index (χ3v) is 3.45. The molecule has 2 aromatic rings. The first-order valence-corrected chi connectivity index (χ1v) is 7.44. The van der Waals surface area contributed by atoms with Crippen LogP contribution in [0, 0.1) is 6.92 Å². The summed E-state index contributed by atoms with van der Waals surface area (Å²) < 4.78 is 6.32. The lowest BCUT2D eigenvalue weighted by atomic mass is 10.2. The zero-order valence-electron chi connectivity index (χ0n) is 13.2. The van der Waals surface area contributed by atoms with Crippen molar-refractivity contribution in [1.82, 2.24) is 20.0 Å². The molecule has 0 spiro atoms. The Morgan fingerprint density at radius 2 is 2.17 bits per heavy atom. The summed E-state index contributed by atoms with van der Waals surface area (Å²) in [5.74, 6) is 0.0525. The number of rotatable bonds is 5. The quantitative estimate of drug-likeness (QED) is 0.871. The number of carbonyl (C=O) groups excluding carboxylic acids is 1. The van der Waals surface area contributed by atoms with E-state index in [0.717, 1.165) is 5.56 Å². The maximum absolute atomic E-state index is 12.1. The van der Waals surface area contributed by atoms with E-state index in [0.29, 0.717) is 23.8 Å². The average Bonchev–Trinajstić information content (AvgIpc) is 2.78. The minimum absolute atomic E-state index is 0.0525. The van der Waals surface area contributed by atoms with Crippen LogP contribution in [0.1, 0.15) is 5.56 Å². The van der Waals surface area contributed by atoms with Crippen LogP contribution in [0.4, 0.5) is 4.79 Å². The Kier molecular flexibility index (Phi) is 5.46. The van der Waals surface area contributed by atoms with E-state index in [-0.39, 0.29) is 11.4 Å². The number of hydrogen-bond acceptors (Lipinski definition) is 4. The third-order valence-electron chi connectivity index (χ3n) is 3.14. The number of para-hydroxylation sites is 1. The molecule has 2 rings (SSSR count). The third kappa shape index (κ3) is 4.37. The van der Waals surface area contributed by atoms with E-state index in [1.54, 1.807) is 12.1 Å². The van der Waals surface area contributed by atoms with Crippen molar-refractivity contribution in [3.8, 4) is 11.6 Å². The van der Waals surface area contributed by atoms with Gasteiger partial charge in [-0.15, -0.1) is 0 Å². The Bertz CT molecular complexity index is 731. The molecule has 1 heterocycles. The number of ether oxygens (including phenoxy) is 1. The molecule has 1 amide bonds. The highest BCUT2D eigenvalue weighted by molar-refractivity contribution is 6.32. The molecule has 1 aromatic carbocycles. The molecule has 0 saturated heterocycles. The summed E-state index contributed by atoms with van der Waals surface area (Å²) in [6.45, 7) is 2.97. The van der Waals surface area contributed by atoms with Crippen LogP contribution in [-0.4, -0.2) is 48.0 Å². The van der Waals surface area contributed by atoms with Crippen molar-refractivity contribution in [2.45, 2.75) is 6.92 Å². The van der Waals surface area contributed by atoms with Gasteiger partial charge < -0.3 is 15.0 Å². The Balaban J connectivity index is 2.13. The second-order valence-corrected chi connectivity index (χ2v) is 5.73. The zero-order valence-corrected chi connectivity index (χ0v) is 14.0. The number of halogens is 1. The average molecular weight is 339 g/mol. The molecule has 2 N–H and O–H groups in total. The van der Waals surface area contributed by atoms with E-state index >= 15 is 0 Å². The maximum Gasteiger partial charge on any atom is 0.413 e. The molecule has 0 aliphatic rings. The Morgan fingerprint density at radius 3 is 2.83 bits per heavy atom. The number of aromatic nitrogens is 2. The van der Waals surface area contributed by atoms with E-state index in [1.165, 1.54) is 10.7 Å². The fraction of sp³-hybridized carbons (Fsp3) is 0.333. The first kappa shape index (κ1) is 17.1. The van der Waals surface area contributed by atoms with Crippen LogP contribution in [0.5, 0.6) is 5.88 Å². The number of carbonyl (C=O) groups is 1. The first-order valence-electron chi connectivity index (χ1n) is 7.06. The van der Waals surface area contributed by atoms with Crippen molar-refractivity contribution in [2.75, 3.05) is 27.2 Å². The molecule has 0 unspecified atom stereocenters. The number of H-pyrrole nitrogens is 1. The lowest BCUT2D eigenvalue weighted by Gasteiger charge is -2.10. The molecular formula is C15H19ClN4O3. The SMILES string of the molecule is Cc1cccc(Cl)c1-n1[nH]c(OC(=O)NCCN(C)C)cc1=O. The Labute approximate surface area is 138 Å². The van der Waals surface area contributed by atoms with E-state index < -0.39 is 6.09 Å². The fourth-order valence-corrected chi connectivity index (χ4v) is 2.32. The van der Waals surface area contributed by atoms with Crippen molar-refractivity contribution in [3.63, 3.8) is 0 Å². The molecule has 23 heavy (non-hydrogen) atoms. The van der Waals surface area contributed by atoms with Gasteiger partial charge in [0.05, 0.1) is 16.8 Å². The van der Waals surface area contributed by atoms with Gasteiger partial charge in [-0.2, -0.15) is 0 Å². The largest absolute Gasteiger partial charge is 0.413 e. The normalized spacial score (nSPS) is 10.8. The van der Waals surface area contributed by atoms with Gasteiger partial charge in [0.15, 0.2) is 0 Å². The predicted molar refractivity (Wildman–Crippen MR) is 88.7 cm³/mol. The number of likely N-dealkylation sites (N-methyl/N-ethyl adjacent to an activating group) is 1. The van der Waals surface area contributed by atoms with E-state index in [2.05, 4.69) is 10.4 Å². The number of aromatic amines is 1. The second kappa shape index (κ2) is 7.34. The van der Waals surface area contributed by atoms with Gasteiger partial charge in [-0.1, -0.05) is 23.7 Å². The number of nitrogens with one attached hydrogen (secondary N) is 2. The first-order chi connectivity index (χ1) is 10.9. The second-order valence-electron chi connectivity index (χ2n) is 5.32. The van der Waals surface area contributed by atoms with Crippen molar-refractivity contribution in [1.29, 1.82) is 0 Å². The molecule has 0 atom stereocenters. The molecular weight excluding hydrogens is 320 g/mol. The van der Waals surface area contributed by atoms with Gasteiger partial charge in [0, 0.05) is 13.1 Å². The van der Waals surface area contributed by atoms with Crippen LogP contribution < -0.4 is 15.6 Å². The molecule has 0 radical (unpaired) electrons. The fourth-order valence-electron chi connectivity index (χ4n) is 2.02. The van der Waals surface area contributed by atoms with Gasteiger partial charge in [0.25, 0.3) is 5.56 Å². The van der Waals surface area contributed by atoms with Crippen molar-refractivity contribution in [2.24, 2.45) is 0 Å². The summed E-state index contributed by atoms with van der Waals surface area (Å²) >= 11 is 6.14. The molecule has 0 aliphatic heterocycles. The lowest BCUT2D eigenvalue weighted by molar-refractivity contribution is 0.197. The van der Waals surface area contributed by atoms with E-state index in [4.69, 9.17) is 16.3 Å². The molecule has 0 bridgehead atoms. The highest BCUT2D eigenvalue weighted by Crippen LogP contribution is 2.22. The summed E-state index contributed by atoms with van der Waals surface area (Å²) in [7, 11) is 3.80. The number of aryl methyl sites for hydroxylation is 1. The topological polar surface area (TPSA) is 79.4 Å². The van der Waals surface area contributed by atoms with Gasteiger partial charge >= 0.3 is 6.09 Å².